The lowest BCUT2D eigenvalue weighted by atomic mass is 10.2. The van der Waals surface area contributed by atoms with Gasteiger partial charge in [0.1, 0.15) is 5.69 Å². The molecule has 0 radical (unpaired) electrons. The molecule has 0 aliphatic carbocycles. The van der Waals surface area contributed by atoms with Gasteiger partial charge in [-0.1, -0.05) is 6.92 Å². The summed E-state index contributed by atoms with van der Waals surface area (Å²) < 4.78 is 6.23. The van der Waals surface area contributed by atoms with Gasteiger partial charge in [-0.15, -0.1) is 0 Å². The van der Waals surface area contributed by atoms with Crippen LogP contribution in [0, 0.1) is 0 Å². The van der Waals surface area contributed by atoms with Gasteiger partial charge in [0.25, 0.3) is 11.5 Å². The summed E-state index contributed by atoms with van der Waals surface area (Å²) in [5.41, 5.74) is 0.0982. The quantitative estimate of drug-likeness (QED) is 0.743. The second-order valence-corrected chi connectivity index (χ2v) is 5.41. The second kappa shape index (κ2) is 8.05. The maximum atomic E-state index is 12.5. The Morgan fingerprint density at radius 1 is 1.23 bits per heavy atom. The van der Waals surface area contributed by atoms with Gasteiger partial charge in [-0.2, -0.15) is 5.10 Å². The summed E-state index contributed by atoms with van der Waals surface area (Å²) in [6.07, 6.45) is 1.12. The summed E-state index contributed by atoms with van der Waals surface area (Å²) >= 11 is 0. The predicted molar refractivity (Wildman–Crippen MR) is 83.0 cm³/mol. The zero-order valence-electron chi connectivity index (χ0n) is 13.3. The molecule has 0 saturated carbocycles. The van der Waals surface area contributed by atoms with Crippen LogP contribution in [0.2, 0.25) is 0 Å². The number of carbonyl (C=O) groups excluding carboxylic acids is 1. The summed E-state index contributed by atoms with van der Waals surface area (Å²) in [4.78, 5) is 28.4. The monoisotopic (exact) mass is 308 g/mol. The van der Waals surface area contributed by atoms with Crippen molar-refractivity contribution in [3.63, 3.8) is 0 Å². The maximum absolute atomic E-state index is 12.5. The van der Waals surface area contributed by atoms with Crippen LogP contribution in [0.1, 0.15) is 23.8 Å². The van der Waals surface area contributed by atoms with Gasteiger partial charge in [-0.05, 0) is 19.0 Å². The van der Waals surface area contributed by atoms with Crippen LogP contribution in [0.3, 0.4) is 0 Å². The Kier molecular flexibility index (Phi) is 6.09. The fourth-order valence-electron chi connectivity index (χ4n) is 2.55. The Bertz CT molecular complexity index is 550. The van der Waals surface area contributed by atoms with E-state index in [1.165, 1.54) is 16.8 Å². The molecule has 2 heterocycles. The van der Waals surface area contributed by atoms with Gasteiger partial charge in [0.2, 0.25) is 0 Å². The number of hydrogen-bond donors (Lipinski definition) is 0. The molecule has 122 valence electrons. The SMILES string of the molecule is CCCN1CCN(C(=O)c2ccc(=O)n(CCOC)n2)CC1. The highest BCUT2D eigenvalue weighted by atomic mass is 16.5. The van der Waals surface area contributed by atoms with Gasteiger partial charge in [-0.3, -0.25) is 14.5 Å². The zero-order valence-corrected chi connectivity index (χ0v) is 13.3. The van der Waals surface area contributed by atoms with Gasteiger partial charge in [-0.25, -0.2) is 4.68 Å². The van der Waals surface area contributed by atoms with Crippen molar-refractivity contribution in [2.45, 2.75) is 19.9 Å². The number of hydrogen-bond acceptors (Lipinski definition) is 5. The Hall–Kier alpha value is -1.73. The Morgan fingerprint density at radius 3 is 2.59 bits per heavy atom. The summed E-state index contributed by atoms with van der Waals surface area (Å²) in [7, 11) is 1.57. The van der Waals surface area contributed by atoms with Crippen molar-refractivity contribution in [3.8, 4) is 0 Å². The number of piperazine rings is 1. The number of aromatic nitrogens is 2. The standard InChI is InChI=1S/C15H24N4O3/c1-3-6-17-7-9-18(10-8-17)15(21)13-4-5-14(20)19(16-13)11-12-22-2/h4-5H,3,6-12H2,1-2H3. The number of methoxy groups -OCH3 is 1. The topological polar surface area (TPSA) is 67.7 Å². The maximum Gasteiger partial charge on any atom is 0.274 e. The number of carbonyl (C=O) groups is 1. The molecule has 0 spiro atoms. The van der Waals surface area contributed by atoms with Crippen molar-refractivity contribution in [1.82, 2.24) is 19.6 Å². The highest BCUT2D eigenvalue weighted by Gasteiger charge is 2.23. The number of amides is 1. The van der Waals surface area contributed by atoms with Gasteiger partial charge in [0, 0.05) is 39.4 Å². The summed E-state index contributed by atoms with van der Waals surface area (Å²) in [6.45, 7) is 7.16. The zero-order chi connectivity index (χ0) is 15.9. The van der Waals surface area contributed by atoms with E-state index in [2.05, 4.69) is 16.9 Å². The highest BCUT2D eigenvalue weighted by Crippen LogP contribution is 2.06. The van der Waals surface area contributed by atoms with Gasteiger partial charge in [0.05, 0.1) is 13.2 Å². The fraction of sp³-hybridized carbons (Fsp3) is 0.667. The van der Waals surface area contributed by atoms with Crippen molar-refractivity contribution in [2.24, 2.45) is 0 Å². The van der Waals surface area contributed by atoms with E-state index in [0.29, 0.717) is 31.9 Å². The van der Waals surface area contributed by atoms with Crippen LogP contribution in [-0.2, 0) is 11.3 Å². The molecule has 7 nitrogen and oxygen atoms in total. The van der Waals surface area contributed by atoms with Crippen LogP contribution in [-0.4, -0.2) is 71.9 Å². The average Bonchev–Trinajstić information content (AvgIpc) is 2.54. The summed E-state index contributed by atoms with van der Waals surface area (Å²) in [6, 6.07) is 2.90. The number of rotatable bonds is 6. The third-order valence-electron chi connectivity index (χ3n) is 3.79. The minimum atomic E-state index is -0.221. The van der Waals surface area contributed by atoms with Gasteiger partial charge < -0.3 is 9.64 Å². The molecule has 1 aliphatic heterocycles. The minimum Gasteiger partial charge on any atom is -0.383 e. The van der Waals surface area contributed by atoms with Crippen LogP contribution >= 0.6 is 0 Å². The first-order chi connectivity index (χ1) is 10.7. The molecule has 0 unspecified atom stereocenters. The van der Waals surface area contributed by atoms with Crippen molar-refractivity contribution >= 4 is 5.91 Å². The lowest BCUT2D eigenvalue weighted by Gasteiger charge is -2.34. The molecule has 1 amide bonds. The average molecular weight is 308 g/mol. The van der Waals surface area contributed by atoms with Crippen LogP contribution < -0.4 is 5.56 Å². The van der Waals surface area contributed by atoms with Crippen molar-refractivity contribution in [1.29, 1.82) is 0 Å². The van der Waals surface area contributed by atoms with E-state index in [4.69, 9.17) is 4.74 Å². The Balaban J connectivity index is 2.02. The van der Waals surface area contributed by atoms with E-state index in [-0.39, 0.29) is 11.5 Å². The number of nitrogens with zero attached hydrogens (tertiary/aromatic N) is 4. The Labute approximate surface area is 130 Å². The van der Waals surface area contributed by atoms with Crippen LogP contribution in [0.25, 0.3) is 0 Å². The second-order valence-electron chi connectivity index (χ2n) is 5.41. The normalized spacial score (nSPS) is 16.0. The molecule has 0 N–H and O–H groups in total. The van der Waals surface area contributed by atoms with E-state index in [9.17, 15) is 9.59 Å². The van der Waals surface area contributed by atoms with Gasteiger partial charge >= 0.3 is 0 Å². The van der Waals surface area contributed by atoms with Crippen LogP contribution in [0.4, 0.5) is 0 Å². The molecule has 0 aromatic carbocycles. The van der Waals surface area contributed by atoms with Crippen molar-refractivity contribution in [2.75, 3.05) is 46.4 Å². The minimum absolute atomic E-state index is 0.109. The molecule has 2 rings (SSSR count). The first-order valence-electron chi connectivity index (χ1n) is 7.74. The molecule has 1 fully saturated rings. The first-order valence-corrected chi connectivity index (χ1v) is 7.74. The van der Waals surface area contributed by atoms with Crippen LogP contribution in [0.15, 0.2) is 16.9 Å². The molecule has 1 aliphatic rings. The van der Waals surface area contributed by atoms with E-state index in [1.807, 2.05) is 0 Å². The largest absolute Gasteiger partial charge is 0.383 e. The third-order valence-corrected chi connectivity index (χ3v) is 3.79. The lowest BCUT2D eigenvalue weighted by molar-refractivity contribution is 0.0628. The molecule has 1 aromatic heterocycles. The van der Waals surface area contributed by atoms with E-state index >= 15 is 0 Å². The molecular formula is C15H24N4O3. The molecule has 7 heteroatoms. The van der Waals surface area contributed by atoms with E-state index in [0.717, 1.165) is 26.1 Å². The molecule has 22 heavy (non-hydrogen) atoms. The Morgan fingerprint density at radius 2 is 1.95 bits per heavy atom. The fourth-order valence-corrected chi connectivity index (χ4v) is 2.55. The molecule has 1 saturated heterocycles. The smallest absolute Gasteiger partial charge is 0.274 e. The molecular weight excluding hydrogens is 284 g/mol. The summed E-state index contributed by atoms with van der Waals surface area (Å²) in [5.74, 6) is -0.109. The summed E-state index contributed by atoms with van der Waals surface area (Å²) in [5, 5.41) is 4.16. The molecule has 0 atom stereocenters. The van der Waals surface area contributed by atoms with Crippen LogP contribution in [0.5, 0.6) is 0 Å². The predicted octanol–water partition coefficient (Wildman–Crippen LogP) is 0.0575. The number of ether oxygens (including phenoxy) is 1. The van der Waals surface area contributed by atoms with E-state index in [1.54, 1.807) is 12.0 Å². The van der Waals surface area contributed by atoms with Gasteiger partial charge in [0.15, 0.2) is 0 Å². The molecule has 0 bridgehead atoms. The highest BCUT2D eigenvalue weighted by molar-refractivity contribution is 5.92. The lowest BCUT2D eigenvalue weighted by Crippen LogP contribution is -2.49. The van der Waals surface area contributed by atoms with Crippen molar-refractivity contribution in [3.05, 3.63) is 28.2 Å². The third kappa shape index (κ3) is 4.14. The molecule has 1 aromatic rings. The van der Waals surface area contributed by atoms with E-state index < -0.39 is 0 Å². The van der Waals surface area contributed by atoms with Crippen molar-refractivity contribution < 1.29 is 9.53 Å². The first kappa shape index (κ1) is 16.6.